The van der Waals surface area contributed by atoms with Crippen LogP contribution in [-0.4, -0.2) is 73.7 Å². The van der Waals surface area contributed by atoms with Crippen LogP contribution in [0.25, 0.3) is 11.9 Å². The maximum atomic E-state index is 14.9. The first-order valence-corrected chi connectivity index (χ1v) is 12.5. The summed E-state index contributed by atoms with van der Waals surface area (Å²) in [5.41, 5.74) is 6.42. The molecule has 0 saturated carbocycles. The van der Waals surface area contributed by atoms with Gasteiger partial charge in [-0.3, -0.25) is 9.79 Å². The normalized spacial score (nSPS) is 18.9. The number of aromatic nitrogens is 3. The fourth-order valence-corrected chi connectivity index (χ4v) is 4.77. The van der Waals surface area contributed by atoms with Gasteiger partial charge in [0.05, 0.1) is 37.3 Å². The van der Waals surface area contributed by atoms with E-state index < -0.39 is 28.5 Å². The van der Waals surface area contributed by atoms with Crippen molar-refractivity contribution in [1.82, 2.24) is 19.9 Å². The van der Waals surface area contributed by atoms with E-state index >= 15 is 0 Å². The van der Waals surface area contributed by atoms with Crippen molar-refractivity contribution in [2.75, 3.05) is 26.9 Å². The van der Waals surface area contributed by atoms with Crippen LogP contribution in [0.4, 0.5) is 8.78 Å². The number of aliphatic hydroxyl groups excluding tert-OH is 1. The summed E-state index contributed by atoms with van der Waals surface area (Å²) in [5, 5.41) is 9.80. The molecule has 206 valence electrons. The molecule has 0 aliphatic carbocycles. The molecule has 1 amide bonds. The van der Waals surface area contributed by atoms with Gasteiger partial charge >= 0.3 is 0 Å². The summed E-state index contributed by atoms with van der Waals surface area (Å²) >= 11 is 0.951. The van der Waals surface area contributed by atoms with Crippen LogP contribution in [0, 0.1) is 18.3 Å². The highest BCUT2D eigenvalue weighted by Gasteiger charge is 2.43. The lowest BCUT2D eigenvalue weighted by molar-refractivity contribution is -0.137. The Labute approximate surface area is 229 Å². The number of carbonyl (C=O) groups excluding carboxylic acids is 1. The molecule has 1 saturated heterocycles. The lowest BCUT2D eigenvalue weighted by Crippen LogP contribution is -2.54. The largest absolute Gasteiger partial charge is 0.514 e. The zero-order chi connectivity index (χ0) is 28.6. The summed E-state index contributed by atoms with van der Waals surface area (Å²) in [6.45, 7) is 3.62. The molecule has 2 aromatic rings. The number of hydrogen-bond donors (Lipinski definition) is 2. The van der Waals surface area contributed by atoms with Gasteiger partial charge in [0.1, 0.15) is 16.7 Å². The highest BCUT2D eigenvalue weighted by molar-refractivity contribution is 8.15. The summed E-state index contributed by atoms with van der Waals surface area (Å²) in [5.74, 6) is 0.405. The summed E-state index contributed by atoms with van der Waals surface area (Å²) in [6, 6.07) is 0.983. The third kappa shape index (κ3) is 7.30. The summed E-state index contributed by atoms with van der Waals surface area (Å²) in [4.78, 5) is 30.8. The predicted molar refractivity (Wildman–Crippen MR) is 145 cm³/mol. The van der Waals surface area contributed by atoms with Gasteiger partial charge in [-0.2, -0.15) is 4.39 Å². The van der Waals surface area contributed by atoms with Crippen LogP contribution in [0.3, 0.4) is 0 Å². The second-order valence-corrected chi connectivity index (χ2v) is 10.2. The quantitative estimate of drug-likeness (QED) is 0.165. The molecule has 10 nitrogen and oxygen atoms in total. The van der Waals surface area contributed by atoms with Crippen molar-refractivity contribution >= 4 is 34.7 Å². The number of nitrogens with two attached hydrogens (primary N) is 1. The van der Waals surface area contributed by atoms with Gasteiger partial charge in [-0.15, -0.1) is 6.42 Å². The number of thioether (sulfide) groups is 1. The maximum absolute atomic E-state index is 14.9. The monoisotopic (exact) mass is 558 g/mol. The molecule has 1 aliphatic heterocycles. The number of aliphatic hydroxyl groups is 1. The molecule has 3 N–H and O–H groups in total. The average molecular weight is 559 g/mol. The summed E-state index contributed by atoms with van der Waals surface area (Å²) in [6.07, 6.45) is 10.4. The fraction of sp³-hybridized carbons (Fsp3) is 0.346. The molecule has 0 spiro atoms. The third-order valence-electron chi connectivity index (χ3n) is 5.66. The Hall–Kier alpha value is -4.02. The number of amidine groups is 1. The van der Waals surface area contributed by atoms with Crippen molar-refractivity contribution in [3.05, 3.63) is 59.4 Å². The number of pyridine rings is 1. The number of ether oxygens (including phenoxy) is 2. The minimum atomic E-state index is -1.37. The Morgan fingerprint density at radius 1 is 1.44 bits per heavy atom. The molecule has 2 aromatic heterocycles. The topological polar surface area (TPSA) is 136 Å². The van der Waals surface area contributed by atoms with Crippen molar-refractivity contribution in [3.63, 3.8) is 0 Å². The second kappa shape index (κ2) is 13.2. The van der Waals surface area contributed by atoms with Crippen LogP contribution in [0.15, 0.2) is 41.6 Å². The first-order valence-electron chi connectivity index (χ1n) is 11.7. The van der Waals surface area contributed by atoms with Crippen molar-refractivity contribution in [1.29, 1.82) is 0 Å². The van der Waals surface area contributed by atoms with Crippen LogP contribution in [-0.2, 0) is 16.0 Å². The molecule has 3 heterocycles. The molecule has 13 heteroatoms. The van der Waals surface area contributed by atoms with Crippen molar-refractivity contribution < 1.29 is 28.2 Å². The van der Waals surface area contributed by atoms with Crippen LogP contribution < -0.4 is 10.5 Å². The van der Waals surface area contributed by atoms with Gasteiger partial charge in [0, 0.05) is 25.2 Å². The van der Waals surface area contributed by atoms with E-state index in [0.717, 1.165) is 30.3 Å². The molecule has 2 atom stereocenters. The molecular weight excluding hydrogens is 530 g/mol. The van der Waals surface area contributed by atoms with E-state index in [9.17, 15) is 18.7 Å². The zero-order valence-electron chi connectivity index (χ0n) is 21.6. The van der Waals surface area contributed by atoms with Crippen LogP contribution in [0.5, 0.6) is 5.88 Å². The zero-order valence-corrected chi connectivity index (χ0v) is 22.4. The number of morpholine rings is 1. The summed E-state index contributed by atoms with van der Waals surface area (Å²) < 4.78 is 39.0. The van der Waals surface area contributed by atoms with E-state index in [4.69, 9.17) is 21.6 Å². The van der Waals surface area contributed by atoms with Crippen molar-refractivity contribution in [2.24, 2.45) is 10.7 Å². The maximum Gasteiger partial charge on any atom is 0.244 e. The van der Waals surface area contributed by atoms with Gasteiger partial charge in [-0.1, -0.05) is 17.7 Å². The average Bonchev–Trinajstić information content (AvgIpc) is 2.93. The molecule has 1 aliphatic rings. The van der Waals surface area contributed by atoms with Crippen molar-refractivity contribution in [3.8, 4) is 18.2 Å². The van der Waals surface area contributed by atoms with Crippen LogP contribution in [0.1, 0.15) is 30.7 Å². The highest BCUT2D eigenvalue weighted by atomic mass is 32.2. The number of halogens is 2. The van der Waals surface area contributed by atoms with Crippen LogP contribution in [0.2, 0.25) is 0 Å². The van der Waals surface area contributed by atoms with E-state index in [1.807, 2.05) is 0 Å². The van der Waals surface area contributed by atoms with Crippen molar-refractivity contribution in [2.45, 2.75) is 31.1 Å². The van der Waals surface area contributed by atoms with Gasteiger partial charge in [0.2, 0.25) is 17.7 Å². The standard InChI is InChI=1S/C26H28F2N6O4S/c1-5-6-38-22-12-31-21(11-32-22)20(27)8-17-7-18(23(28)33-10-17)9-26(3,39-25(29)30-4)24(36)34-16(2)14-37-15-19(34)13-35/h1,7-8,10-13,16,35H,6,9,14-15H2,2-4H3,(H2,29,30)/b19-13+,20-8-/t16?,26-/m1/s1. The molecule has 0 radical (unpaired) electrons. The van der Waals surface area contributed by atoms with E-state index in [-0.39, 0.29) is 59.8 Å². The number of aliphatic imine (C=N–C) groups is 1. The minimum Gasteiger partial charge on any atom is -0.514 e. The van der Waals surface area contributed by atoms with E-state index in [1.165, 1.54) is 30.4 Å². The Bertz CT molecular complexity index is 1330. The van der Waals surface area contributed by atoms with E-state index in [0.29, 0.717) is 0 Å². The number of amides is 1. The molecular formula is C26H28F2N6O4S. The molecule has 0 aromatic carbocycles. The molecule has 1 fully saturated rings. The molecule has 1 unspecified atom stereocenters. The number of hydrogen-bond acceptors (Lipinski definition) is 9. The number of carbonyl (C=O) groups is 1. The first-order chi connectivity index (χ1) is 18.6. The SMILES string of the molecule is C#CCOc1cnc(/C(F)=C/c2cnc(F)c(C[C@@](C)(SC(N)=NC)C(=O)N3/C(=C/O)COCC3C)c2)cn1. The number of rotatable bonds is 8. The number of nitrogens with zero attached hydrogens (tertiary/aromatic N) is 5. The van der Waals surface area contributed by atoms with Crippen LogP contribution >= 0.6 is 11.8 Å². The van der Waals surface area contributed by atoms with Gasteiger partial charge in [-0.25, -0.2) is 19.3 Å². The van der Waals surface area contributed by atoms with Gasteiger partial charge in [-0.05, 0) is 31.6 Å². The van der Waals surface area contributed by atoms with E-state index in [2.05, 4.69) is 25.9 Å². The smallest absolute Gasteiger partial charge is 0.244 e. The third-order valence-corrected chi connectivity index (χ3v) is 6.82. The lowest BCUT2D eigenvalue weighted by atomic mass is 9.97. The fourth-order valence-electron chi connectivity index (χ4n) is 3.81. The van der Waals surface area contributed by atoms with Gasteiger partial charge in [0.15, 0.2) is 17.6 Å². The minimum absolute atomic E-state index is 0.00606. The lowest BCUT2D eigenvalue weighted by Gasteiger charge is -2.40. The van der Waals surface area contributed by atoms with E-state index in [1.54, 1.807) is 13.8 Å². The Morgan fingerprint density at radius 3 is 2.85 bits per heavy atom. The molecule has 3 rings (SSSR count). The van der Waals surface area contributed by atoms with Gasteiger partial charge < -0.3 is 25.2 Å². The first kappa shape index (κ1) is 29.5. The highest BCUT2D eigenvalue weighted by Crippen LogP contribution is 2.35. The predicted octanol–water partition coefficient (Wildman–Crippen LogP) is 3.12. The molecule has 39 heavy (non-hydrogen) atoms. The molecule has 0 bridgehead atoms. The summed E-state index contributed by atoms with van der Waals surface area (Å²) in [7, 11) is 1.47. The Morgan fingerprint density at radius 2 is 2.21 bits per heavy atom. The second-order valence-electron chi connectivity index (χ2n) is 8.67. The van der Waals surface area contributed by atoms with Gasteiger partial charge in [0.25, 0.3) is 0 Å². The number of terminal acetylenes is 1. The Kier molecular flexibility index (Phi) is 9.97. The Balaban J connectivity index is 1.93.